The molecule has 0 aliphatic carbocycles. The third kappa shape index (κ3) is 5.74. The van der Waals surface area contributed by atoms with Gasteiger partial charge in [-0.2, -0.15) is 5.10 Å². The third-order valence-electron chi connectivity index (χ3n) is 4.36. The van der Waals surface area contributed by atoms with E-state index in [-0.39, 0.29) is 18.2 Å². The topological polar surface area (TPSA) is 77.0 Å². The van der Waals surface area contributed by atoms with Crippen LogP contribution in [0.1, 0.15) is 30.5 Å². The number of nitrogens with one attached hydrogen (secondary N) is 2. The van der Waals surface area contributed by atoms with Crippen LogP contribution >= 0.6 is 0 Å². The second-order valence-electron chi connectivity index (χ2n) is 6.38. The van der Waals surface area contributed by atoms with E-state index in [0.29, 0.717) is 5.56 Å². The average Bonchev–Trinajstić information content (AvgIpc) is 2.63. The van der Waals surface area contributed by atoms with E-state index in [1.54, 1.807) is 12.1 Å². The van der Waals surface area contributed by atoms with Gasteiger partial charge in [0, 0.05) is 36.1 Å². The van der Waals surface area contributed by atoms with Crippen LogP contribution < -0.4 is 15.6 Å². The normalized spacial score (nSPS) is 10.8. The van der Waals surface area contributed by atoms with Crippen molar-refractivity contribution in [2.45, 2.75) is 27.7 Å². The average molecular weight is 368 g/mol. The van der Waals surface area contributed by atoms with Crippen LogP contribution in [0.3, 0.4) is 0 Å². The van der Waals surface area contributed by atoms with E-state index >= 15 is 0 Å². The zero-order valence-electron chi connectivity index (χ0n) is 16.4. The highest BCUT2D eigenvalue weighted by atomic mass is 16.3. The Bertz CT molecular complexity index is 814. The van der Waals surface area contributed by atoms with Crippen molar-refractivity contribution in [1.82, 2.24) is 5.43 Å². The summed E-state index contributed by atoms with van der Waals surface area (Å²) < 4.78 is 0. The van der Waals surface area contributed by atoms with E-state index < -0.39 is 0 Å². The van der Waals surface area contributed by atoms with Crippen LogP contribution in [-0.2, 0) is 4.79 Å². The van der Waals surface area contributed by atoms with E-state index in [4.69, 9.17) is 0 Å². The lowest BCUT2D eigenvalue weighted by atomic mass is 10.1. The largest absolute Gasteiger partial charge is 0.507 e. The Morgan fingerprint density at radius 2 is 1.89 bits per heavy atom. The Kier molecular flexibility index (Phi) is 7.23. The fourth-order valence-corrected chi connectivity index (χ4v) is 2.83. The molecule has 0 saturated carbocycles. The first kappa shape index (κ1) is 20.3. The van der Waals surface area contributed by atoms with E-state index in [1.165, 1.54) is 11.8 Å². The van der Waals surface area contributed by atoms with E-state index in [0.717, 1.165) is 30.0 Å². The molecule has 2 aromatic carbocycles. The molecule has 0 unspecified atom stereocenters. The number of anilines is 2. The molecule has 27 heavy (non-hydrogen) atoms. The minimum absolute atomic E-state index is 0.119. The van der Waals surface area contributed by atoms with Crippen molar-refractivity contribution in [1.29, 1.82) is 0 Å². The Balaban J connectivity index is 1.90. The standard InChI is InChI=1S/C21H28N4O2/c1-5-25(6-2)18-9-8-17(20(26)12-18)13-23-24-21(27)14-22-19-10-7-15(3)11-16(19)4/h7-13,22,26H,5-6,14H2,1-4H3,(H,24,27)/b23-13-. The zero-order valence-corrected chi connectivity index (χ0v) is 16.4. The summed E-state index contributed by atoms with van der Waals surface area (Å²) in [6.07, 6.45) is 1.44. The molecule has 0 aliphatic rings. The summed E-state index contributed by atoms with van der Waals surface area (Å²) in [6, 6.07) is 11.4. The quantitative estimate of drug-likeness (QED) is 0.493. The minimum Gasteiger partial charge on any atom is -0.507 e. The molecule has 0 atom stereocenters. The lowest BCUT2D eigenvalue weighted by Gasteiger charge is -2.21. The number of aryl methyl sites for hydroxylation is 2. The number of hydrogen-bond donors (Lipinski definition) is 3. The number of phenols is 1. The maximum Gasteiger partial charge on any atom is 0.259 e. The van der Waals surface area contributed by atoms with Crippen molar-refractivity contribution >= 4 is 23.5 Å². The SMILES string of the molecule is CCN(CC)c1ccc(/C=N\NC(=O)CNc2ccc(C)cc2C)c(O)c1. The van der Waals surface area contributed by atoms with Gasteiger partial charge >= 0.3 is 0 Å². The van der Waals surface area contributed by atoms with Gasteiger partial charge in [0.2, 0.25) is 0 Å². The van der Waals surface area contributed by atoms with Crippen molar-refractivity contribution in [2.24, 2.45) is 5.10 Å². The van der Waals surface area contributed by atoms with Crippen LogP contribution in [0.15, 0.2) is 41.5 Å². The van der Waals surface area contributed by atoms with Gasteiger partial charge in [0.25, 0.3) is 5.91 Å². The van der Waals surface area contributed by atoms with Crippen LogP contribution in [0.25, 0.3) is 0 Å². The maximum atomic E-state index is 11.9. The molecule has 0 aromatic heterocycles. The Morgan fingerprint density at radius 3 is 2.52 bits per heavy atom. The number of carbonyl (C=O) groups is 1. The Labute approximate surface area is 160 Å². The van der Waals surface area contributed by atoms with Crippen LogP contribution in [0.2, 0.25) is 0 Å². The first-order valence-corrected chi connectivity index (χ1v) is 9.15. The predicted molar refractivity (Wildman–Crippen MR) is 112 cm³/mol. The van der Waals surface area contributed by atoms with Gasteiger partial charge in [0.15, 0.2) is 0 Å². The first-order valence-electron chi connectivity index (χ1n) is 9.15. The highest BCUT2D eigenvalue weighted by Gasteiger charge is 2.06. The number of hydrogen-bond acceptors (Lipinski definition) is 5. The number of rotatable bonds is 8. The predicted octanol–water partition coefficient (Wildman–Crippen LogP) is 3.42. The molecule has 6 heteroatoms. The van der Waals surface area contributed by atoms with Gasteiger partial charge in [-0.25, -0.2) is 5.43 Å². The summed E-state index contributed by atoms with van der Waals surface area (Å²) in [6.45, 7) is 10.0. The van der Waals surface area contributed by atoms with Crippen molar-refractivity contribution in [3.8, 4) is 5.75 Å². The fourth-order valence-electron chi connectivity index (χ4n) is 2.83. The molecule has 6 nitrogen and oxygen atoms in total. The van der Waals surface area contributed by atoms with Crippen molar-refractivity contribution in [2.75, 3.05) is 29.9 Å². The summed E-state index contributed by atoms with van der Waals surface area (Å²) in [4.78, 5) is 14.1. The summed E-state index contributed by atoms with van der Waals surface area (Å²) in [5.74, 6) is -0.128. The molecule has 0 spiro atoms. The van der Waals surface area contributed by atoms with Crippen LogP contribution in [0.5, 0.6) is 5.75 Å². The zero-order chi connectivity index (χ0) is 19.8. The van der Waals surface area contributed by atoms with Gasteiger partial charge in [-0.3, -0.25) is 4.79 Å². The molecule has 0 aliphatic heterocycles. The second-order valence-corrected chi connectivity index (χ2v) is 6.38. The highest BCUT2D eigenvalue weighted by molar-refractivity contribution is 5.87. The van der Waals surface area contributed by atoms with E-state index in [9.17, 15) is 9.90 Å². The summed E-state index contributed by atoms with van der Waals surface area (Å²) in [5.41, 5.74) is 7.16. The van der Waals surface area contributed by atoms with Gasteiger partial charge in [-0.1, -0.05) is 17.7 Å². The molecule has 144 valence electrons. The third-order valence-corrected chi connectivity index (χ3v) is 4.36. The Morgan fingerprint density at radius 1 is 1.15 bits per heavy atom. The lowest BCUT2D eigenvalue weighted by molar-refractivity contribution is -0.119. The number of aromatic hydroxyl groups is 1. The van der Waals surface area contributed by atoms with Gasteiger partial charge in [-0.05, 0) is 51.5 Å². The molecule has 2 aromatic rings. The number of phenolic OH excluding ortho intramolecular Hbond substituents is 1. The van der Waals surface area contributed by atoms with E-state index in [2.05, 4.69) is 40.7 Å². The molecule has 0 saturated heterocycles. The maximum absolute atomic E-state index is 11.9. The summed E-state index contributed by atoms with van der Waals surface area (Å²) >= 11 is 0. The molecule has 0 heterocycles. The van der Waals surface area contributed by atoms with Crippen LogP contribution in [0.4, 0.5) is 11.4 Å². The molecule has 2 rings (SSSR count). The van der Waals surface area contributed by atoms with Gasteiger partial charge in [0.05, 0.1) is 12.8 Å². The second kappa shape index (κ2) is 9.62. The summed E-state index contributed by atoms with van der Waals surface area (Å²) in [5, 5.41) is 17.2. The lowest BCUT2D eigenvalue weighted by Crippen LogP contribution is -2.26. The molecule has 0 radical (unpaired) electrons. The molecular formula is C21H28N4O2. The number of carbonyl (C=O) groups excluding carboxylic acids is 1. The number of benzene rings is 2. The molecule has 0 fully saturated rings. The van der Waals surface area contributed by atoms with Gasteiger partial charge in [-0.15, -0.1) is 0 Å². The Hall–Kier alpha value is -3.02. The highest BCUT2D eigenvalue weighted by Crippen LogP contribution is 2.23. The van der Waals surface area contributed by atoms with Gasteiger partial charge in [0.1, 0.15) is 5.75 Å². The molecule has 1 amide bonds. The smallest absolute Gasteiger partial charge is 0.259 e. The van der Waals surface area contributed by atoms with Crippen LogP contribution in [-0.4, -0.2) is 36.9 Å². The number of nitrogens with zero attached hydrogens (tertiary/aromatic N) is 2. The number of hydrazone groups is 1. The van der Waals surface area contributed by atoms with Crippen molar-refractivity contribution < 1.29 is 9.90 Å². The summed E-state index contributed by atoms with van der Waals surface area (Å²) in [7, 11) is 0. The monoisotopic (exact) mass is 368 g/mol. The molecule has 0 bridgehead atoms. The first-order chi connectivity index (χ1) is 12.9. The van der Waals surface area contributed by atoms with E-state index in [1.807, 2.05) is 32.0 Å². The molecular weight excluding hydrogens is 340 g/mol. The fraction of sp³-hybridized carbons (Fsp3) is 0.333. The minimum atomic E-state index is -0.259. The van der Waals surface area contributed by atoms with Crippen molar-refractivity contribution in [3.05, 3.63) is 53.1 Å². The number of amides is 1. The van der Waals surface area contributed by atoms with Gasteiger partial charge < -0.3 is 15.3 Å². The van der Waals surface area contributed by atoms with Crippen LogP contribution in [0, 0.1) is 13.8 Å². The molecule has 3 N–H and O–H groups in total. The van der Waals surface area contributed by atoms with Crippen molar-refractivity contribution in [3.63, 3.8) is 0 Å².